The van der Waals surface area contributed by atoms with Crippen molar-refractivity contribution < 1.29 is 14.7 Å². The number of carboxylic acid groups (broad SMARTS) is 1. The van der Waals surface area contributed by atoms with Crippen LogP contribution in [0.4, 0.5) is 0 Å². The van der Waals surface area contributed by atoms with E-state index in [2.05, 4.69) is 5.32 Å². The van der Waals surface area contributed by atoms with Gasteiger partial charge in [0.2, 0.25) is 5.91 Å². The highest BCUT2D eigenvalue weighted by Crippen LogP contribution is 2.13. The lowest BCUT2D eigenvalue weighted by atomic mass is 9.99. The van der Waals surface area contributed by atoms with E-state index >= 15 is 0 Å². The Morgan fingerprint density at radius 1 is 1.12 bits per heavy atom. The van der Waals surface area contributed by atoms with Crippen molar-refractivity contribution in [2.24, 2.45) is 5.92 Å². The summed E-state index contributed by atoms with van der Waals surface area (Å²) in [6.45, 7) is 4.24. The van der Waals surface area contributed by atoms with Crippen LogP contribution in [-0.2, 0) is 9.59 Å². The van der Waals surface area contributed by atoms with Gasteiger partial charge in [0.1, 0.15) is 0 Å². The molecule has 0 spiro atoms. The average Bonchev–Trinajstić information content (AvgIpc) is 2.20. The molecule has 0 aliphatic carbocycles. The first-order valence-electron chi connectivity index (χ1n) is 6.46. The topological polar surface area (TPSA) is 69.2 Å². The minimum absolute atomic E-state index is 0.0288. The molecule has 100 valence electrons. The lowest BCUT2D eigenvalue weighted by Crippen LogP contribution is -2.24. The van der Waals surface area contributed by atoms with Crippen LogP contribution >= 0.6 is 0 Å². The summed E-state index contributed by atoms with van der Waals surface area (Å²) >= 11 is 0. The van der Waals surface area contributed by atoms with Crippen molar-refractivity contribution in [1.29, 1.82) is 0 Å². The fourth-order valence-electron chi connectivity index (χ4n) is 1.80. The van der Waals surface area contributed by atoms with Gasteiger partial charge in [-0.1, -0.05) is 39.0 Å². The van der Waals surface area contributed by atoms with E-state index in [0.717, 1.165) is 45.1 Å². The Bertz CT molecular complexity index is 229. The minimum Gasteiger partial charge on any atom is -0.550 e. The van der Waals surface area contributed by atoms with Gasteiger partial charge in [-0.05, 0) is 18.8 Å². The summed E-state index contributed by atoms with van der Waals surface area (Å²) in [7, 11) is 0. The molecule has 0 saturated carbocycles. The van der Waals surface area contributed by atoms with Gasteiger partial charge in [0, 0.05) is 19.4 Å². The highest BCUT2D eigenvalue weighted by atomic mass is 16.4. The molecular formula is C13H24NO3-. The molecule has 0 aromatic rings. The molecule has 0 rings (SSSR count). The van der Waals surface area contributed by atoms with Gasteiger partial charge in [-0.2, -0.15) is 0 Å². The van der Waals surface area contributed by atoms with E-state index in [0.29, 0.717) is 0 Å². The maximum atomic E-state index is 10.6. The highest BCUT2D eigenvalue weighted by Gasteiger charge is 2.01. The predicted octanol–water partition coefficient (Wildman–Crippen LogP) is 1.24. The van der Waals surface area contributed by atoms with Crippen LogP contribution in [0.2, 0.25) is 0 Å². The van der Waals surface area contributed by atoms with Crippen LogP contribution in [0.1, 0.15) is 58.8 Å². The maximum Gasteiger partial charge on any atom is 0.216 e. The van der Waals surface area contributed by atoms with Gasteiger partial charge < -0.3 is 15.2 Å². The monoisotopic (exact) mass is 242 g/mol. The number of amides is 1. The number of nitrogens with one attached hydrogen (secondary N) is 1. The van der Waals surface area contributed by atoms with Crippen LogP contribution in [0.15, 0.2) is 0 Å². The molecule has 0 aromatic heterocycles. The molecular weight excluding hydrogens is 218 g/mol. The quantitative estimate of drug-likeness (QED) is 0.586. The number of unbranched alkanes of at least 4 members (excludes halogenated alkanes) is 4. The van der Waals surface area contributed by atoms with Gasteiger partial charge in [-0.15, -0.1) is 0 Å². The first-order chi connectivity index (χ1) is 8.02. The molecule has 0 radical (unpaired) electrons. The normalized spacial score (nSPS) is 12.1. The van der Waals surface area contributed by atoms with E-state index in [-0.39, 0.29) is 18.2 Å². The number of hydrogen-bond acceptors (Lipinski definition) is 3. The van der Waals surface area contributed by atoms with E-state index in [9.17, 15) is 14.7 Å². The van der Waals surface area contributed by atoms with Crippen molar-refractivity contribution in [3.63, 3.8) is 0 Å². The van der Waals surface area contributed by atoms with Gasteiger partial charge in [-0.25, -0.2) is 0 Å². The second-order valence-corrected chi connectivity index (χ2v) is 4.72. The Labute approximate surface area is 104 Å². The molecule has 0 unspecified atom stereocenters. The highest BCUT2D eigenvalue weighted by molar-refractivity contribution is 5.72. The number of hydrogen-bond donors (Lipinski definition) is 1. The summed E-state index contributed by atoms with van der Waals surface area (Å²) in [6, 6.07) is 0. The molecule has 0 heterocycles. The number of carbonyl (C=O) groups excluding carboxylic acids is 2. The molecule has 1 N–H and O–H groups in total. The number of carbonyl (C=O) groups is 2. The summed E-state index contributed by atoms with van der Waals surface area (Å²) in [5.41, 5.74) is 0. The molecule has 0 aliphatic rings. The zero-order valence-electron chi connectivity index (χ0n) is 11.0. The Hall–Kier alpha value is -1.06. The van der Waals surface area contributed by atoms with E-state index < -0.39 is 5.97 Å². The molecule has 4 heteroatoms. The fraction of sp³-hybridized carbons (Fsp3) is 0.846. The van der Waals surface area contributed by atoms with Crippen molar-refractivity contribution in [2.45, 2.75) is 58.8 Å². The second-order valence-electron chi connectivity index (χ2n) is 4.72. The van der Waals surface area contributed by atoms with Crippen molar-refractivity contribution in [2.75, 3.05) is 6.54 Å². The van der Waals surface area contributed by atoms with Crippen molar-refractivity contribution >= 4 is 11.9 Å². The van der Waals surface area contributed by atoms with Crippen LogP contribution in [0.25, 0.3) is 0 Å². The summed E-state index contributed by atoms with van der Waals surface area (Å²) in [4.78, 5) is 20.9. The van der Waals surface area contributed by atoms with Gasteiger partial charge in [0.25, 0.3) is 0 Å². The molecule has 0 aliphatic heterocycles. The molecule has 4 nitrogen and oxygen atoms in total. The number of rotatable bonds is 10. The van der Waals surface area contributed by atoms with Crippen molar-refractivity contribution in [1.82, 2.24) is 5.32 Å². The molecule has 0 aromatic carbocycles. The second kappa shape index (κ2) is 10.1. The largest absolute Gasteiger partial charge is 0.550 e. The minimum atomic E-state index is -0.951. The average molecular weight is 242 g/mol. The molecule has 0 bridgehead atoms. The van der Waals surface area contributed by atoms with E-state index in [1.807, 2.05) is 6.92 Å². The van der Waals surface area contributed by atoms with Crippen LogP contribution in [0.3, 0.4) is 0 Å². The third kappa shape index (κ3) is 12.9. The first kappa shape index (κ1) is 15.9. The summed E-state index contributed by atoms with van der Waals surface area (Å²) in [5.74, 6) is -0.701. The Morgan fingerprint density at radius 2 is 1.71 bits per heavy atom. The van der Waals surface area contributed by atoms with Gasteiger partial charge >= 0.3 is 0 Å². The Morgan fingerprint density at radius 3 is 2.29 bits per heavy atom. The predicted molar refractivity (Wildman–Crippen MR) is 65.2 cm³/mol. The smallest absolute Gasteiger partial charge is 0.216 e. The van der Waals surface area contributed by atoms with Gasteiger partial charge in [0.15, 0.2) is 0 Å². The molecule has 0 fully saturated rings. The molecule has 0 saturated heterocycles. The first-order valence-corrected chi connectivity index (χ1v) is 6.46. The van der Waals surface area contributed by atoms with Crippen LogP contribution in [-0.4, -0.2) is 18.4 Å². The van der Waals surface area contributed by atoms with Crippen LogP contribution in [0.5, 0.6) is 0 Å². The van der Waals surface area contributed by atoms with Gasteiger partial charge in [0.05, 0.1) is 0 Å². The number of aliphatic carboxylic acids is 1. The van der Waals surface area contributed by atoms with E-state index in [1.165, 1.54) is 6.92 Å². The third-order valence-corrected chi connectivity index (χ3v) is 2.76. The summed E-state index contributed by atoms with van der Waals surface area (Å²) < 4.78 is 0. The zero-order valence-corrected chi connectivity index (χ0v) is 11.0. The van der Waals surface area contributed by atoms with E-state index in [4.69, 9.17) is 0 Å². The standard InChI is InChI=1S/C13H25NO3/c1-11(10-13(16)17)8-6-4-3-5-7-9-14-12(2)15/h11H,3-10H2,1-2H3,(H,14,15)(H,16,17)/p-1/t11-/m0/s1. The third-order valence-electron chi connectivity index (χ3n) is 2.76. The molecule has 1 atom stereocenters. The Balaban J connectivity index is 3.18. The van der Waals surface area contributed by atoms with Crippen molar-refractivity contribution in [3.8, 4) is 0 Å². The van der Waals surface area contributed by atoms with Crippen molar-refractivity contribution in [3.05, 3.63) is 0 Å². The molecule has 17 heavy (non-hydrogen) atoms. The zero-order chi connectivity index (χ0) is 13.1. The van der Waals surface area contributed by atoms with Gasteiger partial charge in [-0.3, -0.25) is 4.79 Å². The number of carboxylic acids is 1. The van der Waals surface area contributed by atoms with E-state index in [1.54, 1.807) is 0 Å². The maximum absolute atomic E-state index is 10.6. The lowest BCUT2D eigenvalue weighted by molar-refractivity contribution is -0.306. The fourth-order valence-corrected chi connectivity index (χ4v) is 1.80. The summed E-state index contributed by atoms with van der Waals surface area (Å²) in [6.07, 6.45) is 6.63. The lowest BCUT2D eigenvalue weighted by Gasteiger charge is -2.11. The van der Waals surface area contributed by atoms with Crippen LogP contribution < -0.4 is 10.4 Å². The molecule has 1 amide bonds. The summed E-state index contributed by atoms with van der Waals surface area (Å²) in [5, 5.41) is 13.1. The Kier molecular flexibility index (Phi) is 9.49. The SMILES string of the molecule is CC(=O)NCCCCCCC[C@H](C)CC(=O)[O-]. The van der Waals surface area contributed by atoms with Crippen LogP contribution in [0, 0.1) is 5.92 Å².